The summed E-state index contributed by atoms with van der Waals surface area (Å²) in [7, 11) is 0. The number of amides is 3. The van der Waals surface area contributed by atoms with Crippen molar-refractivity contribution in [1.82, 2.24) is 19.8 Å². The Bertz CT molecular complexity index is 1090. The van der Waals surface area contributed by atoms with E-state index in [1.807, 2.05) is 0 Å². The molecule has 1 aliphatic heterocycles. The number of carbonyl (C=O) groups is 2. The van der Waals surface area contributed by atoms with Crippen LogP contribution in [0.15, 0.2) is 35.3 Å². The van der Waals surface area contributed by atoms with Gasteiger partial charge in [-0.05, 0) is 31.6 Å². The predicted octanol–water partition coefficient (Wildman–Crippen LogP) is 1.35. The van der Waals surface area contributed by atoms with E-state index in [0.29, 0.717) is 19.6 Å². The van der Waals surface area contributed by atoms with Gasteiger partial charge in [-0.2, -0.15) is 0 Å². The fraction of sp³-hybridized carbons (Fsp3) is 0.429. The van der Waals surface area contributed by atoms with Crippen molar-refractivity contribution < 1.29 is 27.5 Å². The van der Waals surface area contributed by atoms with Gasteiger partial charge < -0.3 is 20.7 Å². The molecule has 0 aliphatic carbocycles. The lowest BCUT2D eigenvalue weighted by molar-refractivity contribution is -0.274. The summed E-state index contributed by atoms with van der Waals surface area (Å²) in [6.45, 7) is 4.05. The molecule has 0 spiro atoms. The van der Waals surface area contributed by atoms with Gasteiger partial charge in [0.1, 0.15) is 0 Å². The van der Waals surface area contributed by atoms with Crippen LogP contribution in [0.4, 0.5) is 29.6 Å². The minimum absolute atomic E-state index is 0.121. The molecule has 0 atom stereocenters. The van der Waals surface area contributed by atoms with Crippen molar-refractivity contribution in [2.75, 3.05) is 49.9 Å². The van der Waals surface area contributed by atoms with Crippen molar-refractivity contribution in [2.24, 2.45) is 5.73 Å². The maximum absolute atomic E-state index is 12.6. The van der Waals surface area contributed by atoms with E-state index in [0.717, 1.165) is 32.1 Å². The van der Waals surface area contributed by atoms with Gasteiger partial charge in [-0.1, -0.05) is 12.1 Å². The zero-order valence-electron chi connectivity index (χ0n) is 18.7. The van der Waals surface area contributed by atoms with Crippen LogP contribution >= 0.6 is 0 Å². The van der Waals surface area contributed by atoms with Gasteiger partial charge in [-0.25, -0.2) is 9.78 Å². The third-order valence-electron chi connectivity index (χ3n) is 5.21. The van der Waals surface area contributed by atoms with Crippen molar-refractivity contribution in [3.8, 4) is 5.75 Å². The Hall–Kier alpha value is -3.65. The number of anilines is 2. The first-order chi connectivity index (χ1) is 16.6. The van der Waals surface area contributed by atoms with Crippen LogP contribution in [0.3, 0.4) is 0 Å². The maximum Gasteiger partial charge on any atom is 0.573 e. The number of hydrogen-bond acceptors (Lipinski definition) is 7. The predicted molar refractivity (Wildman–Crippen MR) is 121 cm³/mol. The highest BCUT2D eigenvalue weighted by molar-refractivity contribution is 5.99. The summed E-state index contributed by atoms with van der Waals surface area (Å²) in [6.07, 6.45) is -3.03. The topological polar surface area (TPSA) is 146 Å². The molecule has 5 N–H and O–H groups in total. The van der Waals surface area contributed by atoms with Crippen LogP contribution in [0, 0.1) is 0 Å². The van der Waals surface area contributed by atoms with E-state index in [1.165, 1.54) is 24.4 Å². The number of urea groups is 1. The van der Waals surface area contributed by atoms with E-state index in [4.69, 9.17) is 5.73 Å². The molecule has 1 aliphatic rings. The second kappa shape index (κ2) is 11.7. The number of aromatic amines is 1. The summed E-state index contributed by atoms with van der Waals surface area (Å²) in [5, 5.41) is 4.42. The van der Waals surface area contributed by atoms with Crippen LogP contribution in [-0.2, 0) is 11.2 Å². The molecule has 1 saturated heterocycles. The first-order valence-electron chi connectivity index (χ1n) is 10.9. The summed E-state index contributed by atoms with van der Waals surface area (Å²) < 4.78 is 41.4. The van der Waals surface area contributed by atoms with Crippen LogP contribution in [-0.4, -0.2) is 77.3 Å². The molecule has 2 heterocycles. The summed E-state index contributed by atoms with van der Waals surface area (Å²) in [5.41, 5.74) is 4.78. The Morgan fingerprint density at radius 1 is 1.14 bits per heavy atom. The number of nitrogens with one attached hydrogen (secondary N) is 3. The largest absolute Gasteiger partial charge is 0.573 e. The highest BCUT2D eigenvalue weighted by Gasteiger charge is 2.32. The smallest absolute Gasteiger partial charge is 0.404 e. The number of alkyl halides is 3. The number of rotatable bonds is 8. The molecule has 2 aromatic rings. The summed E-state index contributed by atoms with van der Waals surface area (Å²) >= 11 is 0. The van der Waals surface area contributed by atoms with Crippen LogP contribution < -0.4 is 26.7 Å². The Morgan fingerprint density at radius 2 is 1.86 bits per heavy atom. The summed E-state index contributed by atoms with van der Waals surface area (Å²) in [4.78, 5) is 47.3. The molecule has 14 heteroatoms. The van der Waals surface area contributed by atoms with Crippen molar-refractivity contribution in [2.45, 2.75) is 19.2 Å². The van der Waals surface area contributed by atoms with Gasteiger partial charge >= 0.3 is 12.4 Å². The van der Waals surface area contributed by atoms with Gasteiger partial charge in [0, 0.05) is 37.9 Å². The monoisotopic (exact) mass is 497 g/mol. The number of benzene rings is 1. The van der Waals surface area contributed by atoms with Gasteiger partial charge in [0.25, 0.3) is 5.56 Å². The standard InChI is InChI=1S/C21H26F3N7O4/c22-21(23,24)35-16-5-2-1-4-15(16)27-20(34)29-19-26-13-14(18(33)28-19)12-17(32)31-10-8-30(9-11-31)7-3-6-25/h1-2,4-5,13H,3,6-12,25H2,(H3,26,27,28,29,33,34). The van der Waals surface area contributed by atoms with Crippen LogP contribution in [0.25, 0.3) is 0 Å². The second-order valence-corrected chi connectivity index (χ2v) is 7.75. The first kappa shape index (κ1) is 26.0. The lowest BCUT2D eigenvalue weighted by atomic mass is 10.2. The first-order valence-corrected chi connectivity index (χ1v) is 10.9. The van der Waals surface area contributed by atoms with Gasteiger partial charge in [-0.3, -0.25) is 24.8 Å². The number of nitrogens with two attached hydrogens (primary N) is 1. The molecule has 1 aromatic heterocycles. The van der Waals surface area contributed by atoms with E-state index in [9.17, 15) is 27.6 Å². The molecule has 0 saturated carbocycles. The van der Waals surface area contributed by atoms with E-state index < -0.39 is 23.7 Å². The number of nitrogens with zero attached hydrogens (tertiary/aromatic N) is 3. The SMILES string of the molecule is NCCCN1CCN(C(=O)Cc2cnc(NC(=O)Nc3ccccc3OC(F)(F)F)[nH]c2=O)CC1. The Labute approximate surface area is 198 Å². The van der Waals surface area contributed by atoms with Crippen molar-refractivity contribution >= 4 is 23.6 Å². The lowest BCUT2D eigenvalue weighted by Gasteiger charge is -2.34. The minimum Gasteiger partial charge on any atom is -0.404 e. The fourth-order valence-corrected chi connectivity index (χ4v) is 3.47. The molecule has 11 nitrogen and oxygen atoms in total. The fourth-order valence-electron chi connectivity index (χ4n) is 3.47. The molecule has 0 bridgehead atoms. The number of H-pyrrole nitrogens is 1. The average Bonchev–Trinajstić information content (AvgIpc) is 2.80. The van der Waals surface area contributed by atoms with Crippen LogP contribution in [0.5, 0.6) is 5.75 Å². The van der Waals surface area contributed by atoms with Crippen molar-refractivity contribution in [1.29, 1.82) is 0 Å². The zero-order chi connectivity index (χ0) is 25.4. The number of ether oxygens (including phenoxy) is 1. The maximum atomic E-state index is 12.6. The molecule has 35 heavy (non-hydrogen) atoms. The van der Waals surface area contributed by atoms with E-state index in [1.54, 1.807) is 4.90 Å². The molecule has 3 amide bonds. The molecule has 3 rings (SSSR count). The van der Waals surface area contributed by atoms with Crippen LogP contribution in [0.2, 0.25) is 0 Å². The Balaban J connectivity index is 1.55. The average molecular weight is 497 g/mol. The van der Waals surface area contributed by atoms with Gasteiger partial charge in [-0.15, -0.1) is 13.2 Å². The van der Waals surface area contributed by atoms with Gasteiger partial charge in [0.05, 0.1) is 12.1 Å². The number of carbonyl (C=O) groups excluding carboxylic acids is 2. The minimum atomic E-state index is -4.94. The molecule has 0 radical (unpaired) electrons. The number of aromatic nitrogens is 2. The second-order valence-electron chi connectivity index (χ2n) is 7.75. The quantitative estimate of drug-likeness (QED) is 0.431. The van der Waals surface area contributed by atoms with Gasteiger partial charge in [0.2, 0.25) is 11.9 Å². The van der Waals surface area contributed by atoms with Crippen molar-refractivity contribution in [3.63, 3.8) is 0 Å². The van der Waals surface area contributed by atoms with Crippen molar-refractivity contribution in [3.05, 3.63) is 46.4 Å². The normalized spacial score (nSPS) is 14.5. The number of hydrogen-bond donors (Lipinski definition) is 4. The third kappa shape index (κ3) is 7.96. The zero-order valence-corrected chi connectivity index (χ0v) is 18.7. The van der Waals surface area contributed by atoms with Gasteiger partial charge in [0.15, 0.2) is 5.75 Å². The summed E-state index contributed by atoms with van der Waals surface area (Å²) in [6, 6.07) is 4.01. The van der Waals surface area contributed by atoms with E-state index >= 15 is 0 Å². The third-order valence-corrected chi connectivity index (χ3v) is 5.21. The molecule has 1 aromatic carbocycles. The molecular formula is C21H26F3N7O4. The lowest BCUT2D eigenvalue weighted by Crippen LogP contribution is -2.49. The van der Waals surface area contributed by atoms with E-state index in [-0.39, 0.29) is 29.5 Å². The molecular weight excluding hydrogens is 471 g/mol. The van der Waals surface area contributed by atoms with Crippen LogP contribution in [0.1, 0.15) is 12.0 Å². The Kier molecular flexibility index (Phi) is 8.65. The molecule has 190 valence electrons. The summed E-state index contributed by atoms with van der Waals surface area (Å²) in [5.74, 6) is -1.06. The Morgan fingerprint density at radius 3 is 2.51 bits per heavy atom. The highest BCUT2D eigenvalue weighted by atomic mass is 19.4. The molecule has 0 unspecified atom stereocenters. The number of piperazine rings is 1. The van der Waals surface area contributed by atoms with E-state index in [2.05, 4.69) is 30.2 Å². The highest BCUT2D eigenvalue weighted by Crippen LogP contribution is 2.29. The molecule has 1 fully saturated rings. The number of halogens is 3. The number of para-hydroxylation sites is 2.